The molecule has 0 heterocycles. The van der Waals surface area contributed by atoms with Crippen LogP contribution in [0.1, 0.15) is 66.7 Å². The van der Waals surface area contributed by atoms with Gasteiger partial charge in [0.2, 0.25) is 5.91 Å². The highest BCUT2D eigenvalue weighted by Gasteiger charge is 2.31. The summed E-state index contributed by atoms with van der Waals surface area (Å²) in [6.07, 6.45) is 5.38. The van der Waals surface area contributed by atoms with Gasteiger partial charge in [-0.05, 0) is 43.9 Å². The molecule has 0 aromatic rings. The fourth-order valence-electron chi connectivity index (χ4n) is 3.34. The van der Waals surface area contributed by atoms with E-state index in [2.05, 4.69) is 45.3 Å². The third kappa shape index (κ3) is 6.42. The van der Waals surface area contributed by atoms with E-state index in [1.807, 2.05) is 0 Å². The van der Waals surface area contributed by atoms with E-state index >= 15 is 0 Å². The summed E-state index contributed by atoms with van der Waals surface area (Å²) in [5.41, 5.74) is 0.439. The van der Waals surface area contributed by atoms with E-state index in [-0.39, 0.29) is 5.91 Å². The Balaban J connectivity index is 2.23. The topological polar surface area (TPSA) is 41.1 Å². The molecule has 0 radical (unpaired) electrons. The molecule has 1 saturated carbocycles. The lowest BCUT2D eigenvalue weighted by Crippen LogP contribution is -2.42. The summed E-state index contributed by atoms with van der Waals surface area (Å²) < 4.78 is 0. The van der Waals surface area contributed by atoms with Crippen molar-refractivity contribution in [1.82, 2.24) is 10.6 Å². The fraction of sp³-hybridized carbons (Fsp3) is 0.938. The monoisotopic (exact) mass is 268 g/mol. The Morgan fingerprint density at radius 3 is 2.63 bits per heavy atom. The highest BCUT2D eigenvalue weighted by molar-refractivity contribution is 5.76. The first-order valence-corrected chi connectivity index (χ1v) is 7.85. The van der Waals surface area contributed by atoms with Crippen LogP contribution in [0.25, 0.3) is 0 Å². The molecule has 0 spiro atoms. The van der Waals surface area contributed by atoms with Crippen LogP contribution in [0.5, 0.6) is 0 Å². The standard InChI is InChI=1S/C16H32N2O/c1-6-13(3)18-15(19)7-8-17-14-9-12(2)10-16(4,5)11-14/h12-14,17H,6-11H2,1-5H3,(H,18,19). The molecule has 3 unspecified atom stereocenters. The third-order valence-electron chi connectivity index (χ3n) is 4.19. The van der Waals surface area contributed by atoms with Crippen molar-refractivity contribution in [3.8, 4) is 0 Å². The second-order valence-electron chi connectivity index (χ2n) is 7.19. The quantitative estimate of drug-likeness (QED) is 0.777. The van der Waals surface area contributed by atoms with E-state index in [1.54, 1.807) is 0 Å². The van der Waals surface area contributed by atoms with Gasteiger partial charge in [0.25, 0.3) is 0 Å². The minimum Gasteiger partial charge on any atom is -0.354 e. The third-order valence-corrected chi connectivity index (χ3v) is 4.19. The zero-order valence-corrected chi connectivity index (χ0v) is 13.4. The van der Waals surface area contributed by atoms with E-state index in [0.717, 1.165) is 18.9 Å². The van der Waals surface area contributed by atoms with Crippen molar-refractivity contribution in [2.75, 3.05) is 6.54 Å². The van der Waals surface area contributed by atoms with Crippen LogP contribution >= 0.6 is 0 Å². The second kappa shape index (κ2) is 7.28. The molecule has 1 aliphatic carbocycles. The lowest BCUT2D eigenvalue weighted by molar-refractivity contribution is -0.121. The fourth-order valence-corrected chi connectivity index (χ4v) is 3.34. The van der Waals surface area contributed by atoms with Gasteiger partial charge in [0, 0.05) is 25.0 Å². The zero-order valence-electron chi connectivity index (χ0n) is 13.4. The molecule has 2 N–H and O–H groups in total. The zero-order chi connectivity index (χ0) is 14.5. The van der Waals surface area contributed by atoms with Crippen molar-refractivity contribution < 1.29 is 4.79 Å². The molecule has 19 heavy (non-hydrogen) atoms. The van der Waals surface area contributed by atoms with Gasteiger partial charge < -0.3 is 10.6 Å². The van der Waals surface area contributed by atoms with Crippen LogP contribution in [0.4, 0.5) is 0 Å². The molecule has 1 amide bonds. The number of hydrogen-bond acceptors (Lipinski definition) is 2. The Bertz CT molecular complexity index is 288. The molecule has 1 rings (SSSR count). The lowest BCUT2D eigenvalue weighted by atomic mass is 9.70. The van der Waals surface area contributed by atoms with Gasteiger partial charge >= 0.3 is 0 Å². The molecule has 1 fully saturated rings. The molecule has 1 aliphatic rings. The van der Waals surface area contributed by atoms with Crippen molar-refractivity contribution in [3.63, 3.8) is 0 Å². The summed E-state index contributed by atoms with van der Waals surface area (Å²) >= 11 is 0. The van der Waals surface area contributed by atoms with Crippen molar-refractivity contribution in [2.24, 2.45) is 11.3 Å². The lowest BCUT2D eigenvalue weighted by Gasteiger charge is -2.39. The number of nitrogens with one attached hydrogen (secondary N) is 2. The van der Waals surface area contributed by atoms with E-state index in [4.69, 9.17) is 0 Å². The molecule has 112 valence electrons. The highest BCUT2D eigenvalue weighted by atomic mass is 16.1. The number of hydrogen-bond donors (Lipinski definition) is 2. The SMILES string of the molecule is CCC(C)NC(=O)CCNC1CC(C)CC(C)(C)C1. The predicted octanol–water partition coefficient (Wildman–Crippen LogP) is 3.10. The first-order chi connectivity index (χ1) is 8.82. The Kier molecular flexibility index (Phi) is 6.31. The van der Waals surface area contributed by atoms with Gasteiger partial charge in [0.05, 0.1) is 0 Å². The van der Waals surface area contributed by atoms with Crippen LogP contribution in [0, 0.1) is 11.3 Å². The average Bonchev–Trinajstić information content (AvgIpc) is 2.25. The van der Waals surface area contributed by atoms with Crippen LogP contribution in [-0.2, 0) is 4.79 Å². The number of carbonyl (C=O) groups is 1. The van der Waals surface area contributed by atoms with Crippen LogP contribution in [0.15, 0.2) is 0 Å². The minimum atomic E-state index is 0.171. The number of amides is 1. The van der Waals surface area contributed by atoms with Gasteiger partial charge in [-0.3, -0.25) is 4.79 Å². The van der Waals surface area contributed by atoms with Crippen LogP contribution in [0.2, 0.25) is 0 Å². The van der Waals surface area contributed by atoms with Gasteiger partial charge in [-0.25, -0.2) is 0 Å². The molecule has 0 bridgehead atoms. The Labute approximate surface area is 118 Å². The van der Waals surface area contributed by atoms with Crippen LogP contribution < -0.4 is 10.6 Å². The second-order valence-corrected chi connectivity index (χ2v) is 7.19. The summed E-state index contributed by atoms with van der Waals surface area (Å²) in [6, 6.07) is 0.872. The maximum absolute atomic E-state index is 11.7. The maximum Gasteiger partial charge on any atom is 0.221 e. The Morgan fingerprint density at radius 2 is 2.05 bits per heavy atom. The summed E-state index contributed by atoms with van der Waals surface area (Å²) in [7, 11) is 0. The van der Waals surface area contributed by atoms with E-state index in [9.17, 15) is 4.79 Å². The largest absolute Gasteiger partial charge is 0.354 e. The van der Waals surface area contributed by atoms with Gasteiger partial charge in [0.15, 0.2) is 0 Å². The number of rotatable bonds is 6. The molecule has 3 heteroatoms. The molecule has 0 aliphatic heterocycles. The normalized spacial score (nSPS) is 27.8. The van der Waals surface area contributed by atoms with Gasteiger partial charge in [0.1, 0.15) is 0 Å². The molecule has 3 nitrogen and oxygen atoms in total. The molecule has 3 atom stereocenters. The summed E-state index contributed by atoms with van der Waals surface area (Å²) in [6.45, 7) is 12.0. The summed E-state index contributed by atoms with van der Waals surface area (Å²) in [5.74, 6) is 0.958. The first kappa shape index (κ1) is 16.5. The van der Waals surface area contributed by atoms with E-state index in [1.165, 1.54) is 19.3 Å². The van der Waals surface area contributed by atoms with E-state index in [0.29, 0.717) is 23.9 Å². The van der Waals surface area contributed by atoms with E-state index < -0.39 is 0 Å². The maximum atomic E-state index is 11.7. The molecular weight excluding hydrogens is 236 g/mol. The van der Waals surface area contributed by atoms with Crippen molar-refractivity contribution in [1.29, 1.82) is 0 Å². The van der Waals surface area contributed by atoms with Gasteiger partial charge in [-0.15, -0.1) is 0 Å². The van der Waals surface area contributed by atoms with Crippen molar-refractivity contribution >= 4 is 5.91 Å². The van der Waals surface area contributed by atoms with Crippen LogP contribution in [-0.4, -0.2) is 24.5 Å². The first-order valence-electron chi connectivity index (χ1n) is 7.85. The number of carbonyl (C=O) groups excluding carboxylic acids is 1. The Morgan fingerprint density at radius 1 is 1.37 bits per heavy atom. The molecular formula is C16H32N2O. The van der Waals surface area contributed by atoms with Gasteiger partial charge in [-0.1, -0.05) is 27.7 Å². The molecule has 0 aromatic carbocycles. The van der Waals surface area contributed by atoms with Gasteiger partial charge in [-0.2, -0.15) is 0 Å². The smallest absolute Gasteiger partial charge is 0.221 e. The minimum absolute atomic E-state index is 0.171. The molecule has 0 aromatic heterocycles. The summed E-state index contributed by atoms with van der Waals surface area (Å²) in [4.78, 5) is 11.7. The molecule has 0 saturated heterocycles. The average molecular weight is 268 g/mol. The predicted molar refractivity (Wildman–Crippen MR) is 81.1 cm³/mol. The highest BCUT2D eigenvalue weighted by Crippen LogP contribution is 2.38. The Hall–Kier alpha value is -0.570. The van der Waals surface area contributed by atoms with Crippen molar-refractivity contribution in [3.05, 3.63) is 0 Å². The summed E-state index contributed by atoms with van der Waals surface area (Å²) in [5, 5.41) is 6.58. The van der Waals surface area contributed by atoms with Crippen LogP contribution in [0.3, 0.4) is 0 Å². The van der Waals surface area contributed by atoms with Crippen molar-refractivity contribution in [2.45, 2.75) is 78.8 Å².